The van der Waals surface area contributed by atoms with E-state index in [2.05, 4.69) is 67.5 Å². The topological polar surface area (TPSA) is 177 Å². The fourth-order valence-corrected chi connectivity index (χ4v) is 6.43. The van der Waals surface area contributed by atoms with Gasteiger partial charge in [-0.25, -0.2) is 14.4 Å². The third kappa shape index (κ3) is 17.1. The first-order valence-electron chi connectivity index (χ1n) is 17.2. The van der Waals surface area contributed by atoms with Gasteiger partial charge in [0.15, 0.2) is 52.9 Å². The molecule has 0 bridgehead atoms. The standard InChI is InChI=1S/C17H34F2O4Si2.C10H16F2O5.C5H6F2O4.CH4.I3.V/c1-15(2,3)24(7,8)21-11-12-13(17(18,19)14(20)22-12)23-25(9,10)16(4,5)6;1-4-15-8(14)10(11,12)7(13)6-5-16-9(2,3)17-6;6-5(7)3(9)2(1-8)11-4(5)10;;1-3-2;/h12-13H,11H2,1-10H3;6-7,13H,4-5H2,1-3H3;2-3,8-9H,1H2;1H4;;/q;;;;-1;/t;6-,7-;;;;/m.1..../s1. The molecule has 0 aromatic carbocycles. The van der Waals surface area contributed by atoms with E-state index in [9.17, 15) is 45.8 Å². The van der Waals surface area contributed by atoms with Crippen LogP contribution in [0.2, 0.25) is 36.3 Å². The second-order valence-electron chi connectivity index (χ2n) is 16.3. The van der Waals surface area contributed by atoms with Crippen molar-refractivity contribution in [1.29, 1.82) is 0 Å². The SMILES string of the molecule is C.CC(C)(C)[Si](C)(C)OCC1OC(=O)C(F)(F)C1O[Si](C)(C)C(C)(C)C.CCOC(=O)C(F)(F)[C@H](O)[C@H]1COC(C)(C)O1.I[I-]I.O=C1OC(CO)C(O)C1(F)F.[V]. The summed E-state index contributed by atoms with van der Waals surface area (Å²) >= 11 is 5.30. The molecule has 1 radical (unpaired) electrons. The summed E-state index contributed by atoms with van der Waals surface area (Å²) in [5.74, 6) is -17.6. The molecule has 0 spiro atoms. The molecular formula is C33H60F6I3O13Si2V-. The van der Waals surface area contributed by atoms with Crippen LogP contribution in [0.4, 0.5) is 26.3 Å². The van der Waals surface area contributed by atoms with Gasteiger partial charge in [0.05, 0.1) is 26.4 Å². The van der Waals surface area contributed by atoms with E-state index in [0.717, 1.165) is 0 Å². The first-order valence-corrected chi connectivity index (χ1v) is 35.5. The number of aliphatic hydroxyl groups is 3. The van der Waals surface area contributed by atoms with E-state index in [4.69, 9.17) is 33.3 Å². The van der Waals surface area contributed by atoms with E-state index in [0.29, 0.717) is 13.3 Å². The normalized spacial score (nSPS) is 25.5. The molecule has 347 valence electrons. The van der Waals surface area contributed by atoms with E-state index >= 15 is 0 Å². The molecule has 0 aromatic heterocycles. The molecule has 0 aromatic rings. The zero-order chi connectivity index (χ0) is 44.7. The van der Waals surface area contributed by atoms with Crippen LogP contribution in [-0.2, 0) is 65.5 Å². The molecule has 3 aliphatic heterocycles. The minimum atomic E-state index is -4.01. The van der Waals surface area contributed by atoms with Crippen LogP contribution < -0.4 is 13.3 Å². The van der Waals surface area contributed by atoms with Gasteiger partial charge >= 0.3 is 86.2 Å². The van der Waals surface area contributed by atoms with Gasteiger partial charge in [-0.2, -0.15) is 26.3 Å². The summed E-state index contributed by atoms with van der Waals surface area (Å²) in [7, 11) is -4.64. The molecule has 4 unspecified atom stereocenters. The Hall–Kier alpha value is 0.918. The number of hydrogen-bond acceptors (Lipinski definition) is 13. The van der Waals surface area contributed by atoms with E-state index in [1.54, 1.807) is 0 Å². The number of carbonyl (C=O) groups is 3. The smallest absolute Gasteiger partial charge is 0.380 e. The van der Waals surface area contributed by atoms with Gasteiger partial charge in [-0.3, -0.25) is 0 Å². The quantitative estimate of drug-likeness (QED) is 0.0944. The van der Waals surface area contributed by atoms with Crippen LogP contribution in [0.25, 0.3) is 0 Å². The molecule has 3 fully saturated rings. The molecule has 0 aliphatic carbocycles. The van der Waals surface area contributed by atoms with Gasteiger partial charge in [-0.05, 0) is 57.0 Å². The van der Waals surface area contributed by atoms with Crippen molar-refractivity contribution in [3.05, 3.63) is 0 Å². The maximum atomic E-state index is 14.4. The Kier molecular flexibility index (Phi) is 26.5. The molecule has 3 saturated heterocycles. The van der Waals surface area contributed by atoms with Gasteiger partial charge < -0.3 is 47.9 Å². The monoisotopic (exact) mass is 1270 g/mol. The summed E-state index contributed by atoms with van der Waals surface area (Å²) in [4.78, 5) is 32.9. The molecule has 3 rings (SSSR count). The summed E-state index contributed by atoms with van der Waals surface area (Å²) in [6, 6.07) is 0. The maximum absolute atomic E-state index is 14.4. The Balaban J connectivity index is -0.000000793. The zero-order valence-corrected chi connectivity index (χ0v) is 43.9. The van der Waals surface area contributed by atoms with Crippen LogP contribution in [0.3, 0.4) is 0 Å². The summed E-state index contributed by atoms with van der Waals surface area (Å²) in [6.45, 7) is 23.2. The maximum Gasteiger partial charge on any atom is 0.380 e. The van der Waals surface area contributed by atoms with Crippen molar-refractivity contribution >= 4 is 71.8 Å². The Morgan fingerprint density at radius 3 is 1.69 bits per heavy atom. The van der Waals surface area contributed by atoms with Gasteiger partial charge in [0, 0.05) is 18.6 Å². The molecule has 0 amide bonds. The van der Waals surface area contributed by atoms with Crippen molar-refractivity contribution in [2.24, 2.45) is 0 Å². The van der Waals surface area contributed by atoms with Crippen LogP contribution in [0, 0.1) is 0 Å². The number of hydrogen-bond donors (Lipinski definition) is 3. The molecule has 3 aliphatic rings. The number of cyclic esters (lactones) is 2. The molecule has 3 heterocycles. The number of aliphatic hydroxyl groups excluding tert-OH is 3. The van der Waals surface area contributed by atoms with Crippen LogP contribution in [0.5, 0.6) is 0 Å². The first kappa shape index (κ1) is 63.2. The molecule has 6 atom stereocenters. The fourth-order valence-electron chi connectivity index (χ4n) is 4.12. The Bertz CT molecular complexity index is 1310. The number of carbonyl (C=O) groups excluding carboxylic acids is 3. The third-order valence-electron chi connectivity index (χ3n) is 9.60. The second-order valence-corrected chi connectivity index (χ2v) is 42.2. The van der Waals surface area contributed by atoms with E-state index in [-0.39, 0.29) is 55.9 Å². The molecule has 13 nitrogen and oxygen atoms in total. The minimum Gasteiger partial charge on any atom is -0.452 e. The van der Waals surface area contributed by atoms with Gasteiger partial charge in [0.25, 0.3) is 0 Å². The number of alkyl halides is 6. The summed E-state index contributed by atoms with van der Waals surface area (Å²) in [6.07, 6.45) is -9.96. The van der Waals surface area contributed by atoms with Crippen molar-refractivity contribution < 1.29 is 120 Å². The Morgan fingerprint density at radius 2 is 1.36 bits per heavy atom. The number of halogens is 9. The molecule has 25 heteroatoms. The molecule has 0 saturated carbocycles. The second kappa shape index (κ2) is 24.3. The molecule has 3 N–H and O–H groups in total. The molecule has 58 heavy (non-hydrogen) atoms. The number of esters is 3. The van der Waals surface area contributed by atoms with Crippen molar-refractivity contribution in [3.8, 4) is 0 Å². The van der Waals surface area contributed by atoms with Crippen molar-refractivity contribution in [3.63, 3.8) is 0 Å². The van der Waals surface area contributed by atoms with Crippen LogP contribution in [-0.4, -0.2) is 136 Å². The van der Waals surface area contributed by atoms with Gasteiger partial charge in [0.1, 0.15) is 6.10 Å². The summed E-state index contributed by atoms with van der Waals surface area (Å²) < 4.78 is 115. The van der Waals surface area contributed by atoms with Crippen LogP contribution in [0.1, 0.15) is 69.7 Å². The minimum absolute atomic E-state index is 0. The molecular weight excluding hydrogens is 1210 g/mol. The third-order valence-corrected chi connectivity index (χ3v) is 18.6. The predicted molar refractivity (Wildman–Crippen MR) is 215 cm³/mol. The van der Waals surface area contributed by atoms with Gasteiger partial charge in [-0.15, -0.1) is 0 Å². The van der Waals surface area contributed by atoms with E-state index < -0.39 is 101 Å². The van der Waals surface area contributed by atoms with Crippen LogP contribution >= 0.6 is 37.2 Å². The van der Waals surface area contributed by atoms with Crippen molar-refractivity contribution in [2.75, 3.05) is 26.4 Å². The van der Waals surface area contributed by atoms with Gasteiger partial charge in [0.2, 0.25) is 0 Å². The van der Waals surface area contributed by atoms with Gasteiger partial charge in [-0.1, -0.05) is 49.0 Å². The Morgan fingerprint density at radius 1 is 0.931 bits per heavy atom. The summed E-state index contributed by atoms with van der Waals surface area (Å²) in [5, 5.41) is 26.1. The predicted octanol–water partition coefficient (Wildman–Crippen LogP) is 3.97. The Labute approximate surface area is 381 Å². The van der Waals surface area contributed by atoms with Crippen LogP contribution in [0.15, 0.2) is 0 Å². The average molecular weight is 1270 g/mol. The zero-order valence-electron chi connectivity index (χ0n) is 34.1. The largest absolute Gasteiger partial charge is 0.452 e. The number of ether oxygens (including phenoxy) is 5. The van der Waals surface area contributed by atoms with Crippen molar-refractivity contribution in [2.45, 2.75) is 166 Å². The van der Waals surface area contributed by atoms with Crippen molar-refractivity contribution in [1.82, 2.24) is 0 Å². The first-order chi connectivity index (χ1) is 24.9. The average Bonchev–Trinajstić information content (AvgIpc) is 3.58. The fraction of sp³-hybridized carbons (Fsp3) is 0.909. The number of rotatable bonds is 10. The van der Waals surface area contributed by atoms with E-state index in [1.807, 2.05) is 47.0 Å². The summed E-state index contributed by atoms with van der Waals surface area (Å²) in [5.41, 5.74) is 0. The van der Waals surface area contributed by atoms with E-state index in [1.165, 1.54) is 20.8 Å².